The number of aromatic nitrogens is 4. The highest BCUT2D eigenvalue weighted by molar-refractivity contribution is 5.76. The van der Waals surface area contributed by atoms with Crippen LogP contribution in [0.15, 0.2) is 66.3 Å². The van der Waals surface area contributed by atoms with Gasteiger partial charge in [0.25, 0.3) is 0 Å². The van der Waals surface area contributed by atoms with Gasteiger partial charge in [-0.1, -0.05) is 35.9 Å². The van der Waals surface area contributed by atoms with Gasteiger partial charge in [0, 0.05) is 19.2 Å². The quantitative estimate of drug-likeness (QED) is 0.721. The summed E-state index contributed by atoms with van der Waals surface area (Å²) in [6, 6.07) is 14.0. The summed E-state index contributed by atoms with van der Waals surface area (Å²) in [5.41, 5.74) is 3.05. The van der Waals surface area contributed by atoms with Crippen molar-refractivity contribution in [2.75, 3.05) is 0 Å². The summed E-state index contributed by atoms with van der Waals surface area (Å²) in [5.74, 6) is -0.172. The van der Waals surface area contributed by atoms with Crippen LogP contribution in [0.5, 0.6) is 0 Å². The first-order chi connectivity index (χ1) is 11.7. The average Bonchev–Trinajstić information content (AvgIpc) is 3.10. The maximum atomic E-state index is 12.1. The highest BCUT2D eigenvalue weighted by Gasteiger charge is 2.02. The van der Waals surface area contributed by atoms with Crippen LogP contribution in [0.4, 0.5) is 0 Å². The molecule has 0 spiro atoms. The van der Waals surface area contributed by atoms with Gasteiger partial charge in [-0.15, -0.1) is 0 Å². The Morgan fingerprint density at radius 1 is 1.17 bits per heavy atom. The third-order valence-electron chi connectivity index (χ3n) is 3.65. The number of nitrogens with zero attached hydrogens (tertiary/aromatic N) is 5. The Hall–Kier alpha value is -3.02. The molecule has 6 heteroatoms. The van der Waals surface area contributed by atoms with Gasteiger partial charge in [-0.2, -0.15) is 10.1 Å². The summed E-state index contributed by atoms with van der Waals surface area (Å²) in [4.78, 5) is 20.2. The van der Waals surface area contributed by atoms with E-state index in [1.807, 2.05) is 29.0 Å². The molecule has 0 bridgehead atoms. The Balaban J connectivity index is 1.75. The number of amides is 1. The lowest BCUT2D eigenvalue weighted by atomic mass is 10.1. The van der Waals surface area contributed by atoms with E-state index >= 15 is 0 Å². The van der Waals surface area contributed by atoms with Crippen LogP contribution in [0.2, 0.25) is 0 Å². The molecular weight excluding hydrogens is 302 g/mol. The van der Waals surface area contributed by atoms with E-state index in [1.54, 1.807) is 11.0 Å². The molecule has 3 aromatic rings. The van der Waals surface area contributed by atoms with Gasteiger partial charge in [0.15, 0.2) is 0 Å². The molecule has 2 heterocycles. The summed E-state index contributed by atoms with van der Waals surface area (Å²) in [5, 5.41) is 3.98. The molecule has 1 aromatic carbocycles. The lowest BCUT2D eigenvalue weighted by Gasteiger charge is -2.08. The number of hydrogen-bond acceptors (Lipinski definition) is 3. The molecule has 122 valence electrons. The largest absolute Gasteiger partial charge is 0.329 e. The van der Waals surface area contributed by atoms with Crippen molar-refractivity contribution in [1.29, 1.82) is 0 Å². The predicted molar refractivity (Wildman–Crippen MR) is 89.9 cm³/mol. The van der Waals surface area contributed by atoms with Gasteiger partial charge < -0.3 is 4.57 Å². The van der Waals surface area contributed by atoms with E-state index in [0.717, 1.165) is 0 Å². The molecule has 2 aromatic heterocycles. The third-order valence-corrected chi connectivity index (χ3v) is 3.65. The van der Waals surface area contributed by atoms with E-state index < -0.39 is 0 Å². The smallest absolute Gasteiger partial charge is 0.249 e. The van der Waals surface area contributed by atoms with Crippen LogP contribution in [0.3, 0.4) is 0 Å². The Morgan fingerprint density at radius 2 is 2.00 bits per heavy atom. The Morgan fingerprint density at radius 3 is 2.75 bits per heavy atom. The highest BCUT2D eigenvalue weighted by atomic mass is 16.1. The van der Waals surface area contributed by atoms with Crippen LogP contribution >= 0.6 is 0 Å². The molecule has 0 aliphatic carbocycles. The van der Waals surface area contributed by atoms with Gasteiger partial charge >= 0.3 is 0 Å². The zero-order valence-electron chi connectivity index (χ0n) is 13.5. The molecule has 0 N–H and O–H groups in total. The van der Waals surface area contributed by atoms with Crippen molar-refractivity contribution in [2.24, 2.45) is 4.99 Å². The summed E-state index contributed by atoms with van der Waals surface area (Å²) >= 11 is 0. The topological polar surface area (TPSA) is 65.1 Å². The van der Waals surface area contributed by atoms with E-state index in [-0.39, 0.29) is 5.91 Å². The summed E-state index contributed by atoms with van der Waals surface area (Å²) < 4.78 is 3.59. The number of aryl methyl sites for hydroxylation is 2. The molecule has 0 saturated carbocycles. The van der Waals surface area contributed by atoms with Gasteiger partial charge in [0.2, 0.25) is 5.91 Å². The molecule has 0 saturated heterocycles. The lowest BCUT2D eigenvalue weighted by molar-refractivity contribution is -0.118. The molecule has 0 radical (unpaired) electrons. The van der Waals surface area contributed by atoms with E-state index in [4.69, 9.17) is 0 Å². The maximum absolute atomic E-state index is 12.1. The van der Waals surface area contributed by atoms with Crippen molar-refractivity contribution in [1.82, 2.24) is 19.3 Å². The predicted octanol–water partition coefficient (Wildman–Crippen LogP) is 1.95. The van der Waals surface area contributed by atoms with E-state index in [9.17, 15) is 4.79 Å². The van der Waals surface area contributed by atoms with Gasteiger partial charge in [-0.25, -0.2) is 4.98 Å². The van der Waals surface area contributed by atoms with Crippen LogP contribution in [-0.4, -0.2) is 25.2 Å². The van der Waals surface area contributed by atoms with Gasteiger partial charge in [0.05, 0.1) is 6.54 Å². The molecule has 0 atom stereocenters. The summed E-state index contributed by atoms with van der Waals surface area (Å²) in [6.07, 6.45) is 5.27. The molecule has 6 nitrogen and oxygen atoms in total. The fourth-order valence-electron chi connectivity index (χ4n) is 2.33. The fourth-order valence-corrected chi connectivity index (χ4v) is 2.33. The molecule has 1 amide bonds. The molecule has 24 heavy (non-hydrogen) atoms. The molecule has 0 aliphatic heterocycles. The Labute approximate surface area is 140 Å². The zero-order chi connectivity index (χ0) is 16.8. The first-order valence-electron chi connectivity index (χ1n) is 7.82. The van der Waals surface area contributed by atoms with Crippen LogP contribution in [0, 0.1) is 6.92 Å². The van der Waals surface area contributed by atoms with Gasteiger partial charge in [0.1, 0.15) is 18.1 Å². The highest BCUT2D eigenvalue weighted by Crippen LogP contribution is 2.04. The minimum Gasteiger partial charge on any atom is -0.329 e. The summed E-state index contributed by atoms with van der Waals surface area (Å²) in [7, 11) is 0. The van der Waals surface area contributed by atoms with Crippen LogP contribution in [-0.2, 0) is 17.9 Å². The average molecular weight is 321 g/mol. The number of rotatable bonds is 5. The fraction of sp³-hybridized carbons (Fsp3) is 0.222. The van der Waals surface area contributed by atoms with Crippen molar-refractivity contribution in [3.8, 4) is 0 Å². The second-order valence-corrected chi connectivity index (χ2v) is 5.59. The van der Waals surface area contributed by atoms with Crippen molar-refractivity contribution >= 4 is 5.91 Å². The maximum Gasteiger partial charge on any atom is 0.249 e. The third kappa shape index (κ3) is 4.25. The molecule has 0 unspecified atom stereocenters. The van der Waals surface area contributed by atoms with Crippen molar-refractivity contribution < 1.29 is 4.79 Å². The zero-order valence-corrected chi connectivity index (χ0v) is 13.5. The van der Waals surface area contributed by atoms with Crippen LogP contribution in [0.1, 0.15) is 17.5 Å². The van der Waals surface area contributed by atoms with E-state index in [1.165, 1.54) is 17.5 Å². The number of carbonyl (C=O) groups excluding carboxylic acids is 1. The van der Waals surface area contributed by atoms with Gasteiger partial charge in [-0.3, -0.25) is 9.48 Å². The lowest BCUT2D eigenvalue weighted by Crippen LogP contribution is -2.22. The van der Waals surface area contributed by atoms with E-state index in [0.29, 0.717) is 25.0 Å². The standard InChI is InChI=1S/C18H19N5O/c1-15-5-7-16(8-6-15)12-22-10-3-2-4-17(22)21-18(24)9-11-23-14-19-13-20-23/h2-8,10,13-14H,9,11-12H2,1H3. The Kier molecular flexibility index (Phi) is 4.96. The van der Waals surface area contributed by atoms with Crippen molar-refractivity contribution in [2.45, 2.75) is 26.4 Å². The van der Waals surface area contributed by atoms with Crippen LogP contribution in [0.25, 0.3) is 0 Å². The second-order valence-electron chi connectivity index (χ2n) is 5.59. The second kappa shape index (κ2) is 7.50. The number of benzene rings is 1. The molecule has 0 aliphatic rings. The summed E-state index contributed by atoms with van der Waals surface area (Å²) in [6.45, 7) is 3.22. The SMILES string of the molecule is Cc1ccc(Cn2ccccc2=NC(=O)CCn2cncn2)cc1. The van der Waals surface area contributed by atoms with Crippen molar-refractivity contribution in [3.63, 3.8) is 0 Å². The molecule has 0 fully saturated rings. The van der Waals surface area contributed by atoms with E-state index in [2.05, 4.69) is 46.3 Å². The minimum absolute atomic E-state index is 0.172. The van der Waals surface area contributed by atoms with Crippen LogP contribution < -0.4 is 5.49 Å². The molecule has 3 rings (SSSR count). The first-order valence-corrected chi connectivity index (χ1v) is 7.82. The first kappa shape index (κ1) is 15.9. The van der Waals surface area contributed by atoms with Crippen molar-refractivity contribution in [3.05, 3.63) is 77.9 Å². The number of carbonyl (C=O) groups is 1. The number of pyridine rings is 1. The minimum atomic E-state index is -0.172. The normalized spacial score (nSPS) is 11.6. The van der Waals surface area contributed by atoms with Gasteiger partial charge in [-0.05, 0) is 24.6 Å². The monoisotopic (exact) mass is 321 g/mol. The number of hydrogen-bond donors (Lipinski definition) is 0. The Bertz CT molecular complexity index is 863. The molecular formula is C18H19N5O.